The molecule has 1 fully saturated rings. The number of likely N-dealkylation sites (tertiary alicyclic amines) is 1. The summed E-state index contributed by atoms with van der Waals surface area (Å²) in [5, 5.41) is 0. The molecule has 0 bridgehead atoms. The fourth-order valence-electron chi connectivity index (χ4n) is 4.52. The Bertz CT molecular complexity index is 1180. The van der Waals surface area contributed by atoms with E-state index in [1.165, 1.54) is 6.07 Å². The molecule has 0 saturated carbocycles. The minimum atomic E-state index is -3.24. The third-order valence-electron chi connectivity index (χ3n) is 6.10. The van der Waals surface area contributed by atoms with Crippen molar-refractivity contribution in [3.05, 3.63) is 47.4 Å². The molecule has 9 heteroatoms. The number of fused-ring (bicyclic) bond motifs is 1. The first-order valence-electron chi connectivity index (χ1n) is 11.5. The van der Waals surface area contributed by atoms with E-state index in [4.69, 9.17) is 9.47 Å². The van der Waals surface area contributed by atoms with E-state index in [-0.39, 0.29) is 18.0 Å². The molecule has 7 nitrogen and oxygen atoms in total. The maximum Gasteiger partial charge on any atom is 0.410 e. The molecule has 2 aliphatic rings. The number of ether oxygens (including phenoxy) is 2. The molecule has 1 saturated heterocycles. The second kappa shape index (κ2) is 9.17. The van der Waals surface area contributed by atoms with Crippen molar-refractivity contribution in [3.8, 4) is 17.0 Å². The quantitative estimate of drug-likeness (QED) is 0.632. The topological polar surface area (TPSA) is 85.8 Å². The molecular weight excluding hydrogens is 459 g/mol. The summed E-state index contributed by atoms with van der Waals surface area (Å²) in [6.07, 6.45) is 4.83. The Kier molecular flexibility index (Phi) is 6.59. The first kappa shape index (κ1) is 24.4. The lowest BCUT2D eigenvalue weighted by molar-refractivity contribution is 0.0123. The first-order chi connectivity index (χ1) is 15.9. The van der Waals surface area contributed by atoms with Gasteiger partial charge < -0.3 is 14.4 Å². The predicted octanol–water partition coefficient (Wildman–Crippen LogP) is 4.38. The van der Waals surface area contributed by atoms with Crippen LogP contribution in [-0.2, 0) is 26.7 Å². The number of pyridine rings is 1. The number of hydrogen-bond acceptors (Lipinski definition) is 6. The van der Waals surface area contributed by atoms with Crippen LogP contribution in [0.25, 0.3) is 11.3 Å². The predicted molar refractivity (Wildman–Crippen MR) is 127 cm³/mol. The van der Waals surface area contributed by atoms with E-state index in [0.717, 1.165) is 24.7 Å². The summed E-state index contributed by atoms with van der Waals surface area (Å²) in [6.45, 7) is 6.84. The average molecular weight is 491 g/mol. The number of aromatic nitrogens is 1. The van der Waals surface area contributed by atoms with Crippen molar-refractivity contribution in [2.45, 2.75) is 57.5 Å². The third-order valence-corrected chi connectivity index (χ3v) is 6.96. The van der Waals surface area contributed by atoms with E-state index in [2.05, 4.69) is 4.98 Å². The van der Waals surface area contributed by atoms with Crippen LogP contribution in [-0.4, -0.2) is 55.4 Å². The fourth-order valence-corrected chi connectivity index (χ4v) is 5.31. The van der Waals surface area contributed by atoms with Crippen LogP contribution in [0.15, 0.2) is 30.5 Å². The summed E-state index contributed by atoms with van der Waals surface area (Å²) in [5.41, 5.74) is 1.69. The van der Waals surface area contributed by atoms with Gasteiger partial charge in [-0.15, -0.1) is 0 Å². The summed E-state index contributed by atoms with van der Waals surface area (Å²) < 4.78 is 49.3. The number of amides is 1. The Morgan fingerprint density at radius 1 is 1.24 bits per heavy atom. The molecule has 1 amide bonds. The maximum absolute atomic E-state index is 14.7. The van der Waals surface area contributed by atoms with Crippen LogP contribution < -0.4 is 4.74 Å². The number of rotatable bonds is 4. The highest BCUT2D eigenvalue weighted by Gasteiger charge is 2.35. The van der Waals surface area contributed by atoms with Crippen molar-refractivity contribution >= 4 is 15.9 Å². The number of hydrogen-bond donors (Lipinski definition) is 0. The Morgan fingerprint density at radius 3 is 2.56 bits per heavy atom. The molecule has 0 unspecified atom stereocenters. The molecule has 2 aromatic rings. The lowest BCUT2D eigenvalue weighted by Crippen LogP contribution is -2.44. The molecule has 1 atom stereocenters. The molecule has 1 aromatic carbocycles. The molecule has 0 radical (unpaired) electrons. The van der Waals surface area contributed by atoms with Crippen LogP contribution in [0.5, 0.6) is 5.75 Å². The largest absolute Gasteiger partial charge is 0.488 e. The van der Waals surface area contributed by atoms with Crippen molar-refractivity contribution in [2.24, 2.45) is 5.92 Å². The number of carbonyl (C=O) groups is 1. The maximum atomic E-state index is 14.7. The van der Waals surface area contributed by atoms with Gasteiger partial charge >= 0.3 is 6.09 Å². The molecule has 1 aromatic heterocycles. The van der Waals surface area contributed by atoms with E-state index in [1.54, 1.807) is 23.2 Å². The Morgan fingerprint density at radius 2 is 1.94 bits per heavy atom. The van der Waals surface area contributed by atoms with E-state index in [9.17, 15) is 17.6 Å². The zero-order valence-electron chi connectivity index (χ0n) is 20.0. The first-order valence-corrected chi connectivity index (χ1v) is 13.5. The van der Waals surface area contributed by atoms with E-state index in [0.29, 0.717) is 48.0 Å². The van der Waals surface area contributed by atoms with Crippen molar-refractivity contribution in [3.63, 3.8) is 0 Å². The highest BCUT2D eigenvalue weighted by atomic mass is 32.2. The van der Waals surface area contributed by atoms with Gasteiger partial charge in [-0.1, -0.05) is 6.07 Å². The average Bonchev–Trinajstić information content (AvgIpc) is 3.15. The minimum Gasteiger partial charge on any atom is -0.488 e. The Balaban J connectivity index is 1.40. The molecule has 184 valence electrons. The molecule has 4 rings (SSSR count). The summed E-state index contributed by atoms with van der Waals surface area (Å²) in [4.78, 5) is 18.4. The number of piperidine rings is 1. The van der Waals surface area contributed by atoms with Gasteiger partial charge in [-0.05, 0) is 63.3 Å². The summed E-state index contributed by atoms with van der Waals surface area (Å²) in [7, 11) is -3.24. The smallest absolute Gasteiger partial charge is 0.410 e. The fraction of sp³-hybridized carbons (Fsp3) is 0.520. The number of sulfone groups is 1. The van der Waals surface area contributed by atoms with Crippen LogP contribution in [0.1, 0.15) is 44.7 Å². The van der Waals surface area contributed by atoms with Gasteiger partial charge in [-0.25, -0.2) is 17.6 Å². The second-order valence-electron chi connectivity index (χ2n) is 10.2. The van der Waals surface area contributed by atoms with Gasteiger partial charge in [0.25, 0.3) is 0 Å². The molecular formula is C25H31FN2O5S. The lowest BCUT2D eigenvalue weighted by Gasteiger charge is -2.35. The third kappa shape index (κ3) is 5.87. The Hall–Kier alpha value is -2.68. The highest BCUT2D eigenvalue weighted by molar-refractivity contribution is 7.89. The Labute approximate surface area is 200 Å². The van der Waals surface area contributed by atoms with Gasteiger partial charge in [-0.3, -0.25) is 4.98 Å². The van der Waals surface area contributed by atoms with Gasteiger partial charge in [0.05, 0.1) is 17.6 Å². The molecule has 0 aliphatic carbocycles. The molecule has 3 heterocycles. The van der Waals surface area contributed by atoms with E-state index >= 15 is 0 Å². The van der Waals surface area contributed by atoms with Gasteiger partial charge in [0.15, 0.2) is 9.84 Å². The van der Waals surface area contributed by atoms with Gasteiger partial charge in [0, 0.05) is 36.9 Å². The van der Waals surface area contributed by atoms with Crippen LogP contribution in [0.2, 0.25) is 0 Å². The van der Waals surface area contributed by atoms with Crippen molar-refractivity contribution in [1.29, 1.82) is 0 Å². The van der Waals surface area contributed by atoms with Crippen LogP contribution >= 0.6 is 0 Å². The number of halogens is 1. The summed E-state index contributed by atoms with van der Waals surface area (Å²) in [5.74, 6) is 0.307. The SMILES string of the molecule is CC(C)(C)OC(=O)N1CCC([C@@H]2Cc3cc(-c4ccc(CS(C)(=O)=O)cc4F)ncc3O2)CC1. The summed E-state index contributed by atoms with van der Waals surface area (Å²) >= 11 is 0. The van der Waals surface area contributed by atoms with Crippen LogP contribution in [0.4, 0.5) is 9.18 Å². The van der Waals surface area contributed by atoms with Gasteiger partial charge in [-0.2, -0.15) is 0 Å². The zero-order chi connectivity index (χ0) is 24.7. The molecule has 0 N–H and O–H groups in total. The van der Waals surface area contributed by atoms with E-state index < -0.39 is 21.3 Å². The second-order valence-corrected chi connectivity index (χ2v) is 12.4. The number of benzene rings is 1. The number of nitrogens with zero attached hydrogens (tertiary/aromatic N) is 2. The van der Waals surface area contributed by atoms with Crippen LogP contribution in [0.3, 0.4) is 0 Å². The lowest BCUT2D eigenvalue weighted by atomic mass is 9.89. The van der Waals surface area contributed by atoms with Gasteiger partial charge in [0.1, 0.15) is 23.3 Å². The molecule has 2 aliphatic heterocycles. The highest BCUT2D eigenvalue weighted by Crippen LogP contribution is 2.37. The van der Waals surface area contributed by atoms with Crippen molar-refractivity contribution in [2.75, 3.05) is 19.3 Å². The normalized spacial score (nSPS) is 19.0. The van der Waals surface area contributed by atoms with Crippen LogP contribution in [0, 0.1) is 11.7 Å². The van der Waals surface area contributed by atoms with Crippen molar-refractivity contribution in [1.82, 2.24) is 9.88 Å². The zero-order valence-corrected chi connectivity index (χ0v) is 20.8. The van der Waals surface area contributed by atoms with Gasteiger partial charge in [0.2, 0.25) is 0 Å². The monoisotopic (exact) mass is 490 g/mol. The van der Waals surface area contributed by atoms with Crippen molar-refractivity contribution < 1.29 is 27.1 Å². The minimum absolute atomic E-state index is 0.00480. The van der Waals surface area contributed by atoms with E-state index in [1.807, 2.05) is 26.8 Å². The number of carbonyl (C=O) groups excluding carboxylic acids is 1. The summed E-state index contributed by atoms with van der Waals surface area (Å²) in [6, 6.07) is 6.29. The molecule has 0 spiro atoms. The standard InChI is InChI=1S/C25H31FN2O5S/c1-25(2,3)33-24(29)28-9-7-17(8-10-28)22-13-18-12-21(27-14-23(18)32-22)19-6-5-16(11-20(19)26)15-34(4,30)31/h5-6,11-12,14,17,22H,7-10,13,15H2,1-4H3/t22-/m0/s1. The molecule has 34 heavy (non-hydrogen) atoms.